The summed E-state index contributed by atoms with van der Waals surface area (Å²) in [4.78, 5) is 10.9. The lowest BCUT2D eigenvalue weighted by molar-refractivity contribution is -0.136. The van der Waals surface area contributed by atoms with Crippen LogP contribution in [-0.2, 0) is 4.79 Å². The Hall–Kier alpha value is -0.550. The van der Waals surface area contributed by atoms with Crippen LogP contribution in [0.25, 0.3) is 0 Å². The van der Waals surface area contributed by atoms with Gasteiger partial charge < -0.3 is 5.11 Å². The minimum Gasteiger partial charge on any atom is -0.480 e. The van der Waals surface area contributed by atoms with Gasteiger partial charge in [0.2, 0.25) is 0 Å². The molecule has 0 aliphatic rings. The van der Waals surface area contributed by atoms with Crippen molar-refractivity contribution in [2.45, 2.75) is 17.1 Å². The first-order valence-corrected chi connectivity index (χ1v) is 5.52. The van der Waals surface area contributed by atoms with Gasteiger partial charge >= 0.3 is 5.97 Å². The highest BCUT2D eigenvalue weighted by Crippen LogP contribution is 2.28. The van der Waals surface area contributed by atoms with Crippen molar-refractivity contribution in [3.63, 3.8) is 0 Å². The van der Waals surface area contributed by atoms with Gasteiger partial charge in [-0.15, -0.1) is 11.8 Å². The van der Waals surface area contributed by atoms with Crippen LogP contribution in [0.15, 0.2) is 27.6 Å². The molecule has 0 saturated carbocycles. The highest BCUT2D eigenvalue weighted by atomic mass is 79.9. The van der Waals surface area contributed by atoms with E-state index in [1.807, 2.05) is 0 Å². The molecule has 76 valence electrons. The van der Waals surface area contributed by atoms with E-state index in [4.69, 9.17) is 5.11 Å². The molecule has 1 rings (SSSR count). The number of thioether (sulfide) groups is 1. The lowest BCUT2D eigenvalue weighted by Gasteiger charge is -2.06. The summed E-state index contributed by atoms with van der Waals surface area (Å²) in [5, 5.41) is 7.99. The third-order valence-corrected chi connectivity index (χ3v) is 3.16. The van der Waals surface area contributed by atoms with Gasteiger partial charge in [-0.05, 0) is 25.1 Å². The molecule has 0 radical (unpaired) electrons. The van der Waals surface area contributed by atoms with Gasteiger partial charge in [0, 0.05) is 9.37 Å². The average molecular weight is 279 g/mol. The maximum absolute atomic E-state index is 13.2. The molecule has 14 heavy (non-hydrogen) atoms. The number of aliphatic carboxylic acids is 1. The average Bonchev–Trinajstić information content (AvgIpc) is 2.11. The molecule has 1 aromatic carbocycles. The molecule has 0 bridgehead atoms. The van der Waals surface area contributed by atoms with Crippen molar-refractivity contribution in [2.24, 2.45) is 0 Å². The Morgan fingerprint density at radius 2 is 2.29 bits per heavy atom. The zero-order chi connectivity index (χ0) is 10.7. The quantitative estimate of drug-likeness (QED) is 0.863. The Morgan fingerprint density at radius 1 is 1.64 bits per heavy atom. The summed E-state index contributed by atoms with van der Waals surface area (Å²) in [6.45, 7) is 1.52. The number of hydrogen-bond acceptors (Lipinski definition) is 2. The monoisotopic (exact) mass is 278 g/mol. The molecule has 0 spiro atoms. The van der Waals surface area contributed by atoms with Gasteiger partial charge in [0.1, 0.15) is 11.1 Å². The molecule has 0 aliphatic carbocycles. The minimum absolute atomic E-state index is 0.342. The molecule has 0 fully saturated rings. The van der Waals surface area contributed by atoms with Crippen molar-refractivity contribution < 1.29 is 14.3 Å². The van der Waals surface area contributed by atoms with Crippen LogP contribution < -0.4 is 0 Å². The number of hydrogen-bond donors (Lipinski definition) is 1. The second kappa shape index (κ2) is 4.79. The van der Waals surface area contributed by atoms with Gasteiger partial charge in [0.05, 0.1) is 0 Å². The summed E-state index contributed by atoms with van der Waals surface area (Å²) in [6, 6.07) is 4.45. The molecule has 1 atom stereocenters. The van der Waals surface area contributed by atoms with Crippen LogP contribution >= 0.6 is 27.7 Å². The third-order valence-electron chi connectivity index (χ3n) is 1.54. The zero-order valence-electron chi connectivity index (χ0n) is 7.33. The standard InChI is InChI=1S/C9H8BrFO2S/c1-5(9(12)13)14-8-4-6(10)2-3-7(8)11/h2-5H,1H3,(H,12,13). The van der Waals surface area contributed by atoms with Crippen LogP contribution in [0.5, 0.6) is 0 Å². The van der Waals surface area contributed by atoms with E-state index in [1.165, 1.54) is 13.0 Å². The van der Waals surface area contributed by atoms with E-state index in [0.29, 0.717) is 4.90 Å². The van der Waals surface area contributed by atoms with Gasteiger partial charge in [-0.25, -0.2) is 4.39 Å². The van der Waals surface area contributed by atoms with Crippen molar-refractivity contribution in [3.8, 4) is 0 Å². The van der Waals surface area contributed by atoms with E-state index in [2.05, 4.69) is 15.9 Å². The van der Waals surface area contributed by atoms with Crippen LogP contribution in [-0.4, -0.2) is 16.3 Å². The highest BCUT2D eigenvalue weighted by molar-refractivity contribution is 9.10. The maximum Gasteiger partial charge on any atom is 0.316 e. The van der Waals surface area contributed by atoms with Crippen molar-refractivity contribution in [2.75, 3.05) is 0 Å². The summed E-state index contributed by atoms with van der Waals surface area (Å²) >= 11 is 4.18. The summed E-state index contributed by atoms with van der Waals surface area (Å²) in [5.41, 5.74) is 0. The molecule has 5 heteroatoms. The Labute approximate surface area is 93.6 Å². The Morgan fingerprint density at radius 3 is 2.86 bits per heavy atom. The van der Waals surface area contributed by atoms with Gasteiger partial charge in [0.25, 0.3) is 0 Å². The first kappa shape index (κ1) is 11.5. The van der Waals surface area contributed by atoms with E-state index in [0.717, 1.165) is 16.2 Å². The van der Waals surface area contributed by atoms with Crippen LogP contribution in [0.1, 0.15) is 6.92 Å². The fraction of sp³-hybridized carbons (Fsp3) is 0.222. The predicted octanol–water partition coefficient (Wildman–Crippen LogP) is 3.15. The molecule has 2 nitrogen and oxygen atoms in total. The Bertz CT molecular complexity index is 357. The number of carboxylic acids is 1. The van der Waals surface area contributed by atoms with Crippen molar-refractivity contribution in [3.05, 3.63) is 28.5 Å². The number of rotatable bonds is 3. The van der Waals surface area contributed by atoms with E-state index < -0.39 is 17.0 Å². The molecule has 0 aliphatic heterocycles. The summed E-state index contributed by atoms with van der Waals surface area (Å²) in [7, 11) is 0. The first-order chi connectivity index (χ1) is 6.50. The second-order valence-corrected chi connectivity index (χ2v) is 4.97. The lowest BCUT2D eigenvalue weighted by atomic mass is 10.3. The fourth-order valence-electron chi connectivity index (χ4n) is 0.808. The second-order valence-electron chi connectivity index (χ2n) is 2.67. The van der Waals surface area contributed by atoms with E-state index in [1.54, 1.807) is 12.1 Å². The van der Waals surface area contributed by atoms with Gasteiger partial charge in [-0.3, -0.25) is 4.79 Å². The van der Waals surface area contributed by atoms with E-state index in [9.17, 15) is 9.18 Å². The minimum atomic E-state index is -0.950. The Balaban J connectivity index is 2.85. The molecule has 1 aromatic rings. The normalized spacial score (nSPS) is 12.5. The SMILES string of the molecule is CC(Sc1cc(Br)ccc1F)C(=O)O. The largest absolute Gasteiger partial charge is 0.480 e. The number of carboxylic acid groups (broad SMARTS) is 1. The molecule has 0 aromatic heterocycles. The van der Waals surface area contributed by atoms with Gasteiger partial charge in [-0.1, -0.05) is 15.9 Å². The van der Waals surface area contributed by atoms with Crippen LogP contribution in [0.3, 0.4) is 0 Å². The molecular weight excluding hydrogens is 271 g/mol. The predicted molar refractivity (Wildman–Crippen MR) is 57.1 cm³/mol. The van der Waals surface area contributed by atoms with E-state index >= 15 is 0 Å². The molecule has 0 heterocycles. The summed E-state index contributed by atoms with van der Waals surface area (Å²) in [6.07, 6.45) is 0. The van der Waals surface area contributed by atoms with Gasteiger partial charge in [-0.2, -0.15) is 0 Å². The smallest absolute Gasteiger partial charge is 0.316 e. The number of benzene rings is 1. The third kappa shape index (κ3) is 2.99. The van der Waals surface area contributed by atoms with Crippen LogP contribution in [0.4, 0.5) is 4.39 Å². The maximum atomic E-state index is 13.2. The first-order valence-electron chi connectivity index (χ1n) is 3.85. The van der Waals surface area contributed by atoms with Crippen molar-refractivity contribution in [1.29, 1.82) is 0 Å². The van der Waals surface area contributed by atoms with E-state index in [-0.39, 0.29) is 0 Å². The summed E-state index contributed by atoms with van der Waals surface area (Å²) in [5.74, 6) is -1.35. The number of carbonyl (C=O) groups is 1. The molecule has 1 N–H and O–H groups in total. The molecule has 0 saturated heterocycles. The molecule has 0 amide bonds. The number of halogens is 2. The van der Waals surface area contributed by atoms with Crippen LogP contribution in [0, 0.1) is 5.82 Å². The topological polar surface area (TPSA) is 37.3 Å². The summed E-state index contributed by atoms with van der Waals surface area (Å²) < 4.78 is 13.9. The van der Waals surface area contributed by atoms with Crippen molar-refractivity contribution >= 4 is 33.7 Å². The molecular formula is C9H8BrFO2S. The Kier molecular flexibility index (Phi) is 3.95. The van der Waals surface area contributed by atoms with Crippen molar-refractivity contribution in [1.82, 2.24) is 0 Å². The van der Waals surface area contributed by atoms with Crippen LogP contribution in [0.2, 0.25) is 0 Å². The molecule has 1 unspecified atom stereocenters. The lowest BCUT2D eigenvalue weighted by Crippen LogP contribution is -2.11. The zero-order valence-corrected chi connectivity index (χ0v) is 9.73. The fourth-order valence-corrected chi connectivity index (χ4v) is 2.18. The van der Waals surface area contributed by atoms with Gasteiger partial charge in [0.15, 0.2) is 0 Å². The highest BCUT2D eigenvalue weighted by Gasteiger charge is 2.14.